The van der Waals surface area contributed by atoms with Crippen molar-refractivity contribution in [3.05, 3.63) is 76.5 Å². The molecule has 26 heavy (non-hydrogen) atoms. The van der Waals surface area contributed by atoms with Gasteiger partial charge >= 0.3 is 5.97 Å². The summed E-state index contributed by atoms with van der Waals surface area (Å²) in [6, 6.07) is 14.7. The third-order valence-electron chi connectivity index (χ3n) is 4.29. The van der Waals surface area contributed by atoms with E-state index in [2.05, 4.69) is 5.32 Å². The number of benzene rings is 2. The maximum atomic E-state index is 12.1. The van der Waals surface area contributed by atoms with Crippen LogP contribution in [0.2, 0.25) is 5.02 Å². The Morgan fingerprint density at radius 1 is 1.12 bits per heavy atom. The summed E-state index contributed by atoms with van der Waals surface area (Å²) in [5, 5.41) is 3.97. The summed E-state index contributed by atoms with van der Waals surface area (Å²) in [4.78, 5) is 23.8. The molecule has 0 saturated heterocycles. The third-order valence-corrected chi connectivity index (χ3v) is 4.54. The van der Waals surface area contributed by atoms with Crippen LogP contribution in [-0.2, 0) is 9.53 Å². The largest absolute Gasteiger partial charge is 0.462 e. The van der Waals surface area contributed by atoms with Gasteiger partial charge in [0, 0.05) is 28.9 Å². The SMILES string of the molecule is CCOC(=O)c1ccc(NC2=CC(=O)C[C@H](c3ccc(Cl)cc3)C2)cc1. The summed E-state index contributed by atoms with van der Waals surface area (Å²) in [6.07, 6.45) is 2.90. The van der Waals surface area contributed by atoms with E-state index in [1.807, 2.05) is 36.4 Å². The van der Waals surface area contributed by atoms with Crippen LogP contribution < -0.4 is 5.32 Å². The van der Waals surface area contributed by atoms with Crippen molar-refractivity contribution < 1.29 is 14.3 Å². The zero-order valence-corrected chi connectivity index (χ0v) is 15.3. The zero-order chi connectivity index (χ0) is 18.5. The van der Waals surface area contributed by atoms with Gasteiger partial charge in [-0.15, -0.1) is 0 Å². The average molecular weight is 370 g/mol. The topological polar surface area (TPSA) is 55.4 Å². The quantitative estimate of drug-likeness (QED) is 0.757. The maximum absolute atomic E-state index is 12.1. The molecule has 4 nitrogen and oxygen atoms in total. The molecule has 0 aromatic heterocycles. The molecule has 2 aromatic carbocycles. The second kappa shape index (κ2) is 8.19. The summed E-state index contributed by atoms with van der Waals surface area (Å²) < 4.78 is 4.98. The molecule has 1 aliphatic carbocycles. The second-order valence-corrected chi connectivity index (χ2v) is 6.65. The van der Waals surface area contributed by atoms with Crippen LogP contribution in [0.25, 0.3) is 0 Å². The molecular weight excluding hydrogens is 350 g/mol. The van der Waals surface area contributed by atoms with Gasteiger partial charge in [0.05, 0.1) is 12.2 Å². The highest BCUT2D eigenvalue weighted by Crippen LogP contribution is 2.32. The van der Waals surface area contributed by atoms with Crippen LogP contribution in [0.3, 0.4) is 0 Å². The minimum atomic E-state index is -0.339. The van der Waals surface area contributed by atoms with Crippen LogP contribution in [0.4, 0.5) is 5.69 Å². The molecule has 0 aliphatic heterocycles. The molecule has 0 spiro atoms. The van der Waals surface area contributed by atoms with E-state index in [1.54, 1.807) is 25.1 Å². The van der Waals surface area contributed by atoms with Crippen LogP contribution in [0, 0.1) is 0 Å². The fourth-order valence-electron chi connectivity index (χ4n) is 3.04. The molecule has 0 unspecified atom stereocenters. The highest BCUT2D eigenvalue weighted by Gasteiger charge is 2.22. The van der Waals surface area contributed by atoms with Crippen molar-refractivity contribution in [1.29, 1.82) is 0 Å². The Morgan fingerprint density at radius 3 is 2.46 bits per heavy atom. The highest BCUT2D eigenvalue weighted by molar-refractivity contribution is 6.30. The molecule has 0 amide bonds. The molecule has 0 radical (unpaired) electrons. The summed E-state index contributed by atoms with van der Waals surface area (Å²) in [6.45, 7) is 2.12. The first-order chi connectivity index (χ1) is 12.5. The lowest BCUT2D eigenvalue weighted by Crippen LogP contribution is -2.16. The van der Waals surface area contributed by atoms with E-state index in [1.165, 1.54) is 0 Å². The van der Waals surface area contributed by atoms with E-state index in [9.17, 15) is 9.59 Å². The highest BCUT2D eigenvalue weighted by atomic mass is 35.5. The minimum absolute atomic E-state index is 0.0989. The van der Waals surface area contributed by atoms with E-state index in [0.29, 0.717) is 23.6 Å². The molecule has 0 bridgehead atoms. The normalized spacial score (nSPS) is 16.8. The van der Waals surface area contributed by atoms with Gasteiger partial charge in [0.2, 0.25) is 0 Å². The number of esters is 1. The van der Waals surface area contributed by atoms with Gasteiger partial charge in [0.15, 0.2) is 5.78 Å². The van der Waals surface area contributed by atoms with Gasteiger partial charge in [-0.05, 0) is 61.2 Å². The zero-order valence-electron chi connectivity index (χ0n) is 14.5. The van der Waals surface area contributed by atoms with Crippen molar-refractivity contribution in [2.24, 2.45) is 0 Å². The van der Waals surface area contributed by atoms with E-state index >= 15 is 0 Å². The lowest BCUT2D eigenvalue weighted by Gasteiger charge is -2.23. The van der Waals surface area contributed by atoms with Gasteiger partial charge in [-0.25, -0.2) is 4.79 Å². The number of rotatable bonds is 5. The Morgan fingerprint density at radius 2 is 1.81 bits per heavy atom. The summed E-state index contributed by atoms with van der Waals surface area (Å²) >= 11 is 5.95. The van der Waals surface area contributed by atoms with Crippen molar-refractivity contribution >= 4 is 29.0 Å². The van der Waals surface area contributed by atoms with Crippen LogP contribution in [-0.4, -0.2) is 18.4 Å². The monoisotopic (exact) mass is 369 g/mol. The van der Waals surface area contributed by atoms with Gasteiger partial charge < -0.3 is 10.1 Å². The van der Waals surface area contributed by atoms with Crippen LogP contribution in [0.5, 0.6) is 0 Å². The number of carbonyl (C=O) groups excluding carboxylic acids is 2. The molecule has 0 heterocycles. The standard InChI is InChI=1S/C21H20ClNO3/c1-2-26-21(25)15-5-9-18(10-6-15)23-19-11-16(12-20(24)13-19)14-3-7-17(22)8-4-14/h3-10,13,16,23H,2,11-12H2,1H3/t16-/m1/s1. The number of allylic oxidation sites excluding steroid dienone is 2. The van der Waals surface area contributed by atoms with Crippen LogP contribution >= 0.6 is 11.6 Å². The second-order valence-electron chi connectivity index (χ2n) is 6.22. The van der Waals surface area contributed by atoms with Gasteiger partial charge in [-0.2, -0.15) is 0 Å². The van der Waals surface area contributed by atoms with E-state index in [-0.39, 0.29) is 17.7 Å². The van der Waals surface area contributed by atoms with Crippen LogP contribution in [0.1, 0.15) is 41.6 Å². The average Bonchev–Trinajstić information content (AvgIpc) is 2.62. The van der Waals surface area contributed by atoms with Gasteiger partial charge in [0.1, 0.15) is 0 Å². The van der Waals surface area contributed by atoms with Gasteiger partial charge in [-0.3, -0.25) is 4.79 Å². The van der Waals surface area contributed by atoms with Crippen molar-refractivity contribution in [3.8, 4) is 0 Å². The predicted molar refractivity (Wildman–Crippen MR) is 103 cm³/mol. The van der Waals surface area contributed by atoms with Crippen molar-refractivity contribution in [3.63, 3.8) is 0 Å². The van der Waals surface area contributed by atoms with E-state index in [4.69, 9.17) is 16.3 Å². The number of ether oxygens (including phenoxy) is 1. The van der Waals surface area contributed by atoms with Crippen molar-refractivity contribution in [2.45, 2.75) is 25.7 Å². The fourth-order valence-corrected chi connectivity index (χ4v) is 3.17. The molecule has 1 atom stereocenters. The molecule has 0 saturated carbocycles. The Labute approximate surface area is 157 Å². The van der Waals surface area contributed by atoms with Gasteiger partial charge in [-0.1, -0.05) is 23.7 Å². The molecule has 5 heteroatoms. The smallest absolute Gasteiger partial charge is 0.338 e. The predicted octanol–water partition coefficient (Wildman–Crippen LogP) is 4.96. The fraction of sp³-hybridized carbons (Fsp3) is 0.238. The number of nitrogens with one attached hydrogen (secondary N) is 1. The molecule has 134 valence electrons. The number of ketones is 1. The first-order valence-electron chi connectivity index (χ1n) is 8.58. The first-order valence-corrected chi connectivity index (χ1v) is 8.96. The third kappa shape index (κ3) is 4.52. The van der Waals surface area contributed by atoms with Gasteiger partial charge in [0.25, 0.3) is 0 Å². The molecule has 0 fully saturated rings. The van der Waals surface area contributed by atoms with E-state index < -0.39 is 0 Å². The number of hydrogen-bond donors (Lipinski definition) is 1. The Hall–Kier alpha value is -2.59. The lowest BCUT2D eigenvalue weighted by molar-refractivity contribution is -0.115. The summed E-state index contributed by atoms with van der Waals surface area (Å²) in [5.74, 6) is -0.109. The first kappa shape index (κ1) is 18.2. The van der Waals surface area contributed by atoms with Crippen molar-refractivity contribution in [1.82, 2.24) is 0 Å². The Balaban J connectivity index is 1.70. The summed E-state index contributed by atoms with van der Waals surface area (Å²) in [5.41, 5.74) is 3.30. The molecule has 2 aromatic rings. The Kier molecular flexibility index (Phi) is 5.74. The maximum Gasteiger partial charge on any atom is 0.338 e. The number of anilines is 1. The molecular formula is C21H20ClNO3. The molecule has 1 aliphatic rings. The number of carbonyl (C=O) groups is 2. The molecule has 1 N–H and O–H groups in total. The Bertz CT molecular complexity index is 825. The van der Waals surface area contributed by atoms with E-state index in [0.717, 1.165) is 23.4 Å². The molecule has 3 rings (SSSR count). The lowest BCUT2D eigenvalue weighted by atomic mass is 9.85. The minimum Gasteiger partial charge on any atom is -0.462 e. The van der Waals surface area contributed by atoms with Crippen molar-refractivity contribution in [2.75, 3.05) is 11.9 Å². The number of hydrogen-bond acceptors (Lipinski definition) is 4. The number of halogens is 1. The van der Waals surface area contributed by atoms with Crippen LogP contribution in [0.15, 0.2) is 60.3 Å². The summed E-state index contributed by atoms with van der Waals surface area (Å²) in [7, 11) is 0.